The Bertz CT molecular complexity index is 1160. The topological polar surface area (TPSA) is 88.1 Å². The molecule has 0 aliphatic heterocycles. The highest BCUT2D eigenvalue weighted by Crippen LogP contribution is 2.36. The third-order valence-electron chi connectivity index (χ3n) is 4.22. The van der Waals surface area contributed by atoms with Crippen LogP contribution in [0.15, 0.2) is 71.6 Å². The number of benzene rings is 3. The van der Waals surface area contributed by atoms with E-state index in [1.54, 1.807) is 0 Å². The van der Waals surface area contributed by atoms with E-state index in [0.717, 1.165) is 5.56 Å². The molecular formula is C22H19ClO7S. The summed E-state index contributed by atoms with van der Waals surface area (Å²) in [5.41, 5.74) is 1.11. The maximum absolute atomic E-state index is 12.7. The summed E-state index contributed by atoms with van der Waals surface area (Å²) >= 11 is 6.02. The van der Waals surface area contributed by atoms with E-state index in [2.05, 4.69) is 0 Å². The summed E-state index contributed by atoms with van der Waals surface area (Å²) in [5.74, 6) is -0.369. The van der Waals surface area contributed by atoms with E-state index >= 15 is 0 Å². The molecule has 7 nitrogen and oxygen atoms in total. The summed E-state index contributed by atoms with van der Waals surface area (Å²) in [6, 6.07) is 17.3. The summed E-state index contributed by atoms with van der Waals surface area (Å²) in [6.45, 7) is 0.129. The summed E-state index contributed by atoms with van der Waals surface area (Å²) < 4.78 is 46.1. The van der Waals surface area contributed by atoms with Crippen LogP contribution in [-0.4, -0.2) is 28.6 Å². The van der Waals surface area contributed by atoms with Gasteiger partial charge in [-0.15, -0.1) is 0 Å². The number of carbonyl (C=O) groups is 1. The van der Waals surface area contributed by atoms with Crippen LogP contribution in [0.2, 0.25) is 5.02 Å². The largest absolute Gasteiger partial charge is 0.495 e. The molecule has 3 rings (SSSR count). The summed E-state index contributed by atoms with van der Waals surface area (Å²) in [4.78, 5) is 12.0. The fourth-order valence-corrected chi connectivity index (χ4v) is 3.98. The van der Waals surface area contributed by atoms with E-state index in [0.29, 0.717) is 0 Å². The molecule has 31 heavy (non-hydrogen) atoms. The van der Waals surface area contributed by atoms with Gasteiger partial charge in [0.05, 0.1) is 24.8 Å². The second-order valence-electron chi connectivity index (χ2n) is 6.26. The molecule has 0 amide bonds. The summed E-state index contributed by atoms with van der Waals surface area (Å²) in [6.07, 6.45) is 0. The summed E-state index contributed by atoms with van der Waals surface area (Å²) in [5, 5.41) is 0.191. The number of esters is 1. The van der Waals surface area contributed by atoms with E-state index in [9.17, 15) is 13.2 Å². The van der Waals surface area contributed by atoms with E-state index in [-0.39, 0.29) is 39.3 Å². The highest BCUT2D eigenvalue weighted by molar-refractivity contribution is 7.87. The van der Waals surface area contributed by atoms with Gasteiger partial charge in [0.25, 0.3) is 0 Å². The molecule has 0 unspecified atom stereocenters. The second-order valence-corrected chi connectivity index (χ2v) is 8.18. The lowest BCUT2D eigenvalue weighted by molar-refractivity contribution is 0.0472. The second kappa shape index (κ2) is 9.72. The molecule has 0 bridgehead atoms. The molecule has 0 radical (unpaired) electrons. The molecule has 9 heteroatoms. The molecule has 0 spiro atoms. The minimum atomic E-state index is -4.26. The normalized spacial score (nSPS) is 10.9. The number of ether oxygens (including phenoxy) is 3. The lowest BCUT2D eigenvalue weighted by atomic mass is 10.2. The highest BCUT2D eigenvalue weighted by atomic mass is 35.5. The van der Waals surface area contributed by atoms with Crippen LogP contribution in [0.1, 0.15) is 15.9 Å². The van der Waals surface area contributed by atoms with Crippen LogP contribution in [0.4, 0.5) is 0 Å². The number of hydrogen-bond acceptors (Lipinski definition) is 7. The minimum Gasteiger partial charge on any atom is -0.495 e. The quantitative estimate of drug-likeness (QED) is 0.360. The first kappa shape index (κ1) is 22.5. The Morgan fingerprint density at radius 3 is 2.16 bits per heavy atom. The molecule has 0 atom stereocenters. The predicted octanol–water partition coefficient (Wildman–Crippen LogP) is 4.48. The van der Waals surface area contributed by atoms with Crippen LogP contribution >= 0.6 is 11.6 Å². The Hall–Kier alpha value is -3.23. The molecular weight excluding hydrogens is 444 g/mol. The van der Waals surface area contributed by atoms with E-state index in [1.165, 1.54) is 50.6 Å². The molecule has 0 heterocycles. The van der Waals surface area contributed by atoms with Gasteiger partial charge >= 0.3 is 16.1 Å². The molecule has 0 aromatic heterocycles. The average Bonchev–Trinajstić information content (AvgIpc) is 2.78. The average molecular weight is 463 g/mol. The van der Waals surface area contributed by atoms with Crippen molar-refractivity contribution in [3.63, 3.8) is 0 Å². The van der Waals surface area contributed by atoms with Gasteiger partial charge in [-0.2, -0.15) is 8.42 Å². The number of methoxy groups -OCH3 is 2. The standard InChI is InChI=1S/C22H19ClO7S/c1-27-19-13-21(20(28-2)12-18(19)23)31(25,26)30-17-10-8-16(9-11-17)22(24)29-14-15-6-4-3-5-7-15/h3-13H,14H2,1-2H3. The zero-order valence-electron chi connectivity index (χ0n) is 16.7. The summed E-state index contributed by atoms with van der Waals surface area (Å²) in [7, 11) is -1.59. The van der Waals surface area contributed by atoms with Gasteiger partial charge in [0.15, 0.2) is 4.90 Å². The van der Waals surface area contributed by atoms with Crippen LogP contribution < -0.4 is 13.7 Å². The molecule has 0 saturated carbocycles. The van der Waals surface area contributed by atoms with Crippen molar-refractivity contribution in [3.05, 3.63) is 82.9 Å². The van der Waals surface area contributed by atoms with Crippen LogP contribution in [0, 0.1) is 0 Å². The van der Waals surface area contributed by atoms with Crippen molar-refractivity contribution in [1.29, 1.82) is 0 Å². The Labute approximate surface area is 185 Å². The Morgan fingerprint density at radius 2 is 1.55 bits per heavy atom. The van der Waals surface area contributed by atoms with Gasteiger partial charge in [-0.25, -0.2) is 4.79 Å². The molecule has 0 N–H and O–H groups in total. The first-order chi connectivity index (χ1) is 14.8. The van der Waals surface area contributed by atoms with Crippen LogP contribution in [0.5, 0.6) is 17.2 Å². The zero-order chi connectivity index (χ0) is 22.4. The SMILES string of the molecule is COc1cc(S(=O)(=O)Oc2ccc(C(=O)OCc3ccccc3)cc2)c(OC)cc1Cl. The molecule has 3 aromatic carbocycles. The first-order valence-electron chi connectivity index (χ1n) is 9.01. The number of rotatable bonds is 8. The minimum absolute atomic E-state index is 0.00640. The lowest BCUT2D eigenvalue weighted by Gasteiger charge is -2.13. The number of hydrogen-bond donors (Lipinski definition) is 0. The van der Waals surface area contributed by atoms with Crippen molar-refractivity contribution in [2.45, 2.75) is 11.5 Å². The van der Waals surface area contributed by atoms with Crippen LogP contribution in [0.25, 0.3) is 0 Å². The Balaban J connectivity index is 1.74. The molecule has 0 saturated heterocycles. The van der Waals surface area contributed by atoms with Gasteiger partial charge in [-0.05, 0) is 29.8 Å². The fraction of sp³-hybridized carbons (Fsp3) is 0.136. The van der Waals surface area contributed by atoms with Gasteiger partial charge in [0.2, 0.25) is 0 Å². The monoisotopic (exact) mass is 462 g/mol. The van der Waals surface area contributed by atoms with Gasteiger partial charge in [-0.1, -0.05) is 41.9 Å². The third kappa shape index (κ3) is 5.48. The van der Waals surface area contributed by atoms with Crippen LogP contribution in [0.3, 0.4) is 0 Å². The fourth-order valence-electron chi connectivity index (χ4n) is 2.65. The molecule has 0 aliphatic rings. The van der Waals surface area contributed by atoms with E-state index in [4.69, 9.17) is 30.0 Å². The lowest BCUT2D eigenvalue weighted by Crippen LogP contribution is -2.12. The Morgan fingerprint density at radius 1 is 0.903 bits per heavy atom. The maximum Gasteiger partial charge on any atom is 0.343 e. The van der Waals surface area contributed by atoms with Crippen molar-refractivity contribution in [3.8, 4) is 17.2 Å². The van der Waals surface area contributed by atoms with Crippen molar-refractivity contribution < 1.29 is 31.6 Å². The Kier molecular flexibility index (Phi) is 7.04. The van der Waals surface area contributed by atoms with Crippen LogP contribution in [-0.2, 0) is 21.5 Å². The molecule has 162 valence electrons. The third-order valence-corrected chi connectivity index (χ3v) is 5.78. The van der Waals surface area contributed by atoms with Gasteiger partial charge < -0.3 is 18.4 Å². The van der Waals surface area contributed by atoms with Crippen molar-refractivity contribution in [2.75, 3.05) is 14.2 Å². The van der Waals surface area contributed by atoms with Crippen molar-refractivity contribution in [1.82, 2.24) is 0 Å². The van der Waals surface area contributed by atoms with Gasteiger partial charge in [0.1, 0.15) is 23.9 Å². The van der Waals surface area contributed by atoms with Gasteiger partial charge in [0, 0.05) is 12.1 Å². The van der Waals surface area contributed by atoms with Gasteiger partial charge in [-0.3, -0.25) is 0 Å². The number of carbonyl (C=O) groups excluding carboxylic acids is 1. The smallest absolute Gasteiger partial charge is 0.343 e. The molecule has 3 aromatic rings. The molecule has 0 fully saturated rings. The number of halogens is 1. The van der Waals surface area contributed by atoms with E-state index in [1.807, 2.05) is 30.3 Å². The van der Waals surface area contributed by atoms with Crippen molar-refractivity contribution in [2.24, 2.45) is 0 Å². The highest BCUT2D eigenvalue weighted by Gasteiger charge is 2.25. The van der Waals surface area contributed by atoms with Crippen molar-refractivity contribution >= 4 is 27.7 Å². The molecule has 0 aliphatic carbocycles. The van der Waals surface area contributed by atoms with E-state index < -0.39 is 16.1 Å². The maximum atomic E-state index is 12.7. The zero-order valence-corrected chi connectivity index (χ0v) is 18.3. The first-order valence-corrected chi connectivity index (χ1v) is 10.8. The predicted molar refractivity (Wildman–Crippen MR) is 114 cm³/mol.